The number of amides is 1. The van der Waals surface area contributed by atoms with Gasteiger partial charge in [-0.25, -0.2) is 9.67 Å². The monoisotopic (exact) mass is 715 g/mol. The van der Waals surface area contributed by atoms with Crippen molar-refractivity contribution < 1.29 is 23.5 Å². The molecule has 3 aliphatic rings. The molecule has 51 heavy (non-hydrogen) atoms. The lowest BCUT2D eigenvalue weighted by atomic mass is 9.69. The molecule has 0 spiro atoms. The number of aromatic nitrogens is 5. The van der Waals surface area contributed by atoms with Gasteiger partial charge in [0.15, 0.2) is 28.8 Å². The van der Waals surface area contributed by atoms with E-state index in [2.05, 4.69) is 47.4 Å². The molecule has 0 radical (unpaired) electrons. The SMILES string of the molecule is CCCc1c(-c2nc(O[C@@H](C)[C@@H]3[C@@H](OC)CCN3C)cc(-n3ccc(C(=O)N[C@@H]4CCOC4)n3)n2)noc1[C@@]1(C)CCCc2sc(N)c(C#N)c21. The van der Waals surface area contributed by atoms with Crippen molar-refractivity contribution in [2.45, 2.75) is 95.4 Å². The molecule has 1 amide bonds. The summed E-state index contributed by atoms with van der Waals surface area (Å²) in [5, 5.41) is 22.9. The summed E-state index contributed by atoms with van der Waals surface area (Å²) in [6, 6.07) is 5.70. The summed E-state index contributed by atoms with van der Waals surface area (Å²) in [7, 11) is 3.80. The lowest BCUT2D eigenvalue weighted by molar-refractivity contribution is 0.0174. The molecule has 7 rings (SSSR count). The summed E-state index contributed by atoms with van der Waals surface area (Å²) in [6.45, 7) is 8.24. The predicted octanol–water partition coefficient (Wildman–Crippen LogP) is 4.43. The van der Waals surface area contributed by atoms with E-state index in [0.29, 0.717) is 59.2 Å². The number of nitrogens with two attached hydrogens (primary N) is 1. The van der Waals surface area contributed by atoms with E-state index >= 15 is 0 Å². The Balaban J connectivity index is 1.30. The Morgan fingerprint density at radius 1 is 1.33 bits per heavy atom. The van der Waals surface area contributed by atoms with Crippen LogP contribution in [0.3, 0.4) is 0 Å². The van der Waals surface area contributed by atoms with Gasteiger partial charge in [-0.1, -0.05) is 18.5 Å². The molecule has 0 saturated carbocycles. The number of fused-ring (bicyclic) bond motifs is 1. The van der Waals surface area contributed by atoms with Crippen LogP contribution in [0.1, 0.15) is 90.7 Å². The van der Waals surface area contributed by atoms with Crippen LogP contribution in [0.2, 0.25) is 0 Å². The summed E-state index contributed by atoms with van der Waals surface area (Å²) < 4.78 is 25.6. The molecule has 1 aliphatic carbocycles. The smallest absolute Gasteiger partial charge is 0.272 e. The maximum absolute atomic E-state index is 13.1. The van der Waals surface area contributed by atoms with Crippen LogP contribution in [0.4, 0.5) is 5.00 Å². The van der Waals surface area contributed by atoms with Crippen molar-refractivity contribution in [2.24, 2.45) is 0 Å². The number of anilines is 1. The van der Waals surface area contributed by atoms with E-state index in [1.807, 2.05) is 6.92 Å². The van der Waals surface area contributed by atoms with E-state index in [1.54, 1.807) is 30.1 Å². The van der Waals surface area contributed by atoms with Crippen LogP contribution >= 0.6 is 11.3 Å². The highest BCUT2D eigenvalue weighted by atomic mass is 32.1. The Bertz CT molecular complexity index is 1940. The van der Waals surface area contributed by atoms with Crippen molar-refractivity contribution in [2.75, 3.05) is 39.6 Å². The van der Waals surface area contributed by atoms with Crippen molar-refractivity contribution in [3.05, 3.63) is 51.4 Å². The van der Waals surface area contributed by atoms with Crippen LogP contribution < -0.4 is 15.8 Å². The Morgan fingerprint density at radius 3 is 2.92 bits per heavy atom. The number of hydrogen-bond acceptors (Lipinski definition) is 13. The molecule has 2 aliphatic heterocycles. The first-order chi connectivity index (χ1) is 24.6. The highest BCUT2D eigenvalue weighted by Crippen LogP contribution is 2.50. The number of ether oxygens (including phenoxy) is 3. The third kappa shape index (κ3) is 6.50. The lowest BCUT2D eigenvalue weighted by Gasteiger charge is -2.33. The molecule has 2 saturated heterocycles. The Hall–Kier alpha value is -4.36. The van der Waals surface area contributed by atoms with Crippen LogP contribution in [0, 0.1) is 11.3 Å². The highest BCUT2D eigenvalue weighted by Gasteiger charge is 2.44. The van der Waals surface area contributed by atoms with Crippen LogP contribution in [0.25, 0.3) is 17.3 Å². The highest BCUT2D eigenvalue weighted by molar-refractivity contribution is 7.16. The molecule has 4 aromatic rings. The molecule has 4 aromatic heterocycles. The van der Waals surface area contributed by atoms with Crippen molar-refractivity contribution in [1.82, 2.24) is 35.1 Å². The maximum atomic E-state index is 13.1. The second-order valence-electron chi connectivity index (χ2n) is 14.0. The molecule has 6 heterocycles. The summed E-state index contributed by atoms with van der Waals surface area (Å²) in [4.78, 5) is 26.3. The Kier molecular flexibility index (Phi) is 9.86. The lowest BCUT2D eigenvalue weighted by Crippen LogP contribution is -2.44. The van der Waals surface area contributed by atoms with Gasteiger partial charge in [-0.3, -0.25) is 9.69 Å². The number of methoxy groups -OCH3 is 1. The number of carbonyl (C=O) groups is 1. The predicted molar refractivity (Wildman–Crippen MR) is 190 cm³/mol. The second-order valence-corrected chi connectivity index (χ2v) is 15.1. The van der Waals surface area contributed by atoms with Crippen molar-refractivity contribution >= 4 is 22.2 Å². The zero-order valence-corrected chi connectivity index (χ0v) is 30.6. The summed E-state index contributed by atoms with van der Waals surface area (Å²) in [5.41, 5.74) is 8.84. The number of nitrogens with one attached hydrogen (secondary N) is 1. The third-order valence-electron chi connectivity index (χ3n) is 10.5. The summed E-state index contributed by atoms with van der Waals surface area (Å²) in [5.74, 6) is 1.47. The number of likely N-dealkylation sites (tertiary alicyclic amines) is 1. The first-order valence-electron chi connectivity index (χ1n) is 17.7. The van der Waals surface area contributed by atoms with Crippen LogP contribution in [-0.2, 0) is 27.7 Å². The molecule has 2 fully saturated rings. The van der Waals surface area contributed by atoms with Gasteiger partial charge in [0.25, 0.3) is 5.91 Å². The minimum absolute atomic E-state index is 0.0126. The molecular formula is C36H45N9O5S. The standard InChI is InChI=1S/C36H45N9O5S/c1-6-8-22-30(43-50-32(22)36(3)13-7-9-26-29(36)23(18-37)33(38)51-26)34-40-27(45-15-10-24(42-45)35(46)39-21-12-16-48-19-21)17-28(41-34)49-20(2)31-25(47-5)11-14-44(31)4/h10,15,17,20-21,25,31H,6-9,11-14,16,19,38H2,1-5H3,(H,39,46)/t20-,21+,25-,31+,36-/m0/s1. The number of nitriles is 1. The Labute approximate surface area is 301 Å². The fourth-order valence-corrected chi connectivity index (χ4v) is 9.20. The topological polar surface area (TPSA) is 179 Å². The zero-order chi connectivity index (χ0) is 35.9. The van der Waals surface area contributed by atoms with Crippen molar-refractivity contribution in [1.29, 1.82) is 5.26 Å². The number of aryl methyl sites for hydroxylation is 1. The molecular weight excluding hydrogens is 671 g/mol. The number of rotatable bonds is 11. The van der Waals surface area contributed by atoms with Crippen LogP contribution in [0.5, 0.6) is 5.88 Å². The largest absolute Gasteiger partial charge is 0.473 e. The van der Waals surface area contributed by atoms with E-state index in [-0.39, 0.29) is 35.9 Å². The number of nitrogens with zero attached hydrogens (tertiary/aromatic N) is 7. The normalized spacial score (nSPS) is 24.0. The van der Waals surface area contributed by atoms with Gasteiger partial charge in [-0.15, -0.1) is 11.3 Å². The minimum atomic E-state index is -0.606. The molecule has 14 nitrogen and oxygen atoms in total. The quantitative estimate of drug-likeness (QED) is 0.223. The van der Waals surface area contributed by atoms with E-state index < -0.39 is 5.41 Å². The molecule has 5 atom stereocenters. The minimum Gasteiger partial charge on any atom is -0.473 e. The molecule has 0 bridgehead atoms. The third-order valence-corrected chi connectivity index (χ3v) is 11.6. The van der Waals surface area contributed by atoms with Crippen LogP contribution in [0.15, 0.2) is 22.9 Å². The van der Waals surface area contributed by atoms with Gasteiger partial charge in [0.2, 0.25) is 5.88 Å². The van der Waals surface area contributed by atoms with E-state index in [9.17, 15) is 10.1 Å². The maximum Gasteiger partial charge on any atom is 0.272 e. The van der Waals surface area contributed by atoms with Crippen LogP contribution in [-0.4, -0.2) is 93.9 Å². The molecule has 3 N–H and O–H groups in total. The first kappa shape index (κ1) is 35.1. The number of hydrogen-bond donors (Lipinski definition) is 2. The fourth-order valence-electron chi connectivity index (χ4n) is 8.01. The van der Waals surface area contributed by atoms with E-state index in [0.717, 1.165) is 61.1 Å². The first-order valence-corrected chi connectivity index (χ1v) is 18.5. The number of carbonyl (C=O) groups excluding carboxylic acids is 1. The second kappa shape index (κ2) is 14.3. The summed E-state index contributed by atoms with van der Waals surface area (Å²) >= 11 is 1.49. The average molecular weight is 716 g/mol. The van der Waals surface area contributed by atoms with E-state index in [4.69, 9.17) is 34.4 Å². The number of likely N-dealkylation sites (N-methyl/N-ethyl adjacent to an activating group) is 1. The molecule has 0 aromatic carbocycles. The van der Waals surface area contributed by atoms with Gasteiger partial charge in [-0.05, 0) is 71.0 Å². The molecule has 15 heteroatoms. The molecule has 0 unspecified atom stereocenters. The van der Waals surface area contributed by atoms with E-state index in [1.165, 1.54) is 11.3 Å². The van der Waals surface area contributed by atoms with Gasteiger partial charge >= 0.3 is 0 Å². The van der Waals surface area contributed by atoms with Gasteiger partial charge in [-0.2, -0.15) is 15.3 Å². The zero-order valence-electron chi connectivity index (χ0n) is 29.8. The fraction of sp³-hybridized carbons (Fsp3) is 0.556. The van der Waals surface area contributed by atoms with Gasteiger partial charge in [0.1, 0.15) is 17.2 Å². The number of thiophene rings is 1. The van der Waals surface area contributed by atoms with Crippen molar-refractivity contribution in [3.8, 4) is 29.3 Å². The van der Waals surface area contributed by atoms with Gasteiger partial charge in [0, 0.05) is 43.0 Å². The summed E-state index contributed by atoms with van der Waals surface area (Å²) in [6.07, 6.45) is 7.15. The Morgan fingerprint density at radius 2 is 2.18 bits per heavy atom. The van der Waals surface area contributed by atoms with Crippen molar-refractivity contribution in [3.63, 3.8) is 0 Å². The van der Waals surface area contributed by atoms with Gasteiger partial charge in [0.05, 0.1) is 35.8 Å². The van der Waals surface area contributed by atoms with Gasteiger partial charge < -0.3 is 29.8 Å². The molecule has 270 valence electrons. The average Bonchev–Trinajstić information content (AvgIpc) is 3.95. The number of nitrogen functional groups attached to an aromatic ring is 1.